The maximum atomic E-state index is 14.6. The van der Waals surface area contributed by atoms with Crippen LogP contribution in [0.2, 0.25) is 0 Å². The molecule has 0 spiro atoms. The Morgan fingerprint density at radius 3 is 2.59 bits per heavy atom. The SMILES string of the molecule is CCn1c(CC#N)nc2c(N3C[C@@H](C)N(C(C)c4ccc(F)c(C5(C)CC5)c4)C[C@@H]3C)nc(=O)n(C)c21. The van der Waals surface area contributed by atoms with Crippen molar-refractivity contribution < 1.29 is 4.39 Å². The quantitative estimate of drug-likeness (QED) is 0.502. The van der Waals surface area contributed by atoms with Gasteiger partial charge in [0, 0.05) is 44.8 Å². The third kappa shape index (κ3) is 4.21. The maximum absolute atomic E-state index is 14.6. The van der Waals surface area contributed by atoms with E-state index in [1.54, 1.807) is 13.1 Å². The molecule has 0 bridgehead atoms. The molecule has 3 atom stereocenters. The summed E-state index contributed by atoms with van der Waals surface area (Å²) in [6.07, 6.45) is 2.25. The van der Waals surface area contributed by atoms with E-state index >= 15 is 0 Å². The zero-order valence-corrected chi connectivity index (χ0v) is 22.6. The van der Waals surface area contributed by atoms with E-state index in [1.807, 2.05) is 17.6 Å². The van der Waals surface area contributed by atoms with Crippen molar-refractivity contribution in [2.24, 2.45) is 7.05 Å². The number of nitriles is 1. The van der Waals surface area contributed by atoms with Crippen LogP contribution in [0.5, 0.6) is 0 Å². The largest absolute Gasteiger partial charge is 0.350 e. The Labute approximate surface area is 217 Å². The molecule has 37 heavy (non-hydrogen) atoms. The second kappa shape index (κ2) is 9.25. The summed E-state index contributed by atoms with van der Waals surface area (Å²) in [4.78, 5) is 26.8. The summed E-state index contributed by atoms with van der Waals surface area (Å²) in [7, 11) is 1.70. The van der Waals surface area contributed by atoms with Gasteiger partial charge in [-0.15, -0.1) is 0 Å². The molecule has 5 rings (SSSR count). The fourth-order valence-electron chi connectivity index (χ4n) is 5.93. The van der Waals surface area contributed by atoms with Gasteiger partial charge in [-0.3, -0.25) is 9.47 Å². The Balaban J connectivity index is 1.47. The molecule has 1 saturated heterocycles. The Kier molecular flexibility index (Phi) is 6.35. The highest BCUT2D eigenvalue weighted by atomic mass is 19.1. The minimum atomic E-state index is -0.330. The van der Waals surface area contributed by atoms with Crippen LogP contribution in [-0.2, 0) is 25.4 Å². The number of halogens is 1. The number of imidazole rings is 1. The number of nitrogens with zero attached hydrogens (tertiary/aromatic N) is 7. The third-order valence-corrected chi connectivity index (χ3v) is 8.52. The lowest BCUT2D eigenvalue weighted by atomic mass is 9.92. The average molecular weight is 506 g/mol. The number of rotatable bonds is 6. The number of hydrogen-bond acceptors (Lipinski definition) is 6. The smallest absolute Gasteiger partial charge is 0.349 e. The van der Waals surface area contributed by atoms with Gasteiger partial charge in [0.15, 0.2) is 5.82 Å². The fourth-order valence-corrected chi connectivity index (χ4v) is 5.93. The molecule has 0 radical (unpaired) electrons. The van der Waals surface area contributed by atoms with Crippen molar-refractivity contribution in [3.8, 4) is 6.07 Å². The monoisotopic (exact) mass is 505 g/mol. The predicted molar refractivity (Wildman–Crippen MR) is 142 cm³/mol. The van der Waals surface area contributed by atoms with E-state index in [2.05, 4.69) is 54.6 Å². The van der Waals surface area contributed by atoms with Gasteiger partial charge in [0.1, 0.15) is 22.8 Å². The van der Waals surface area contributed by atoms with Crippen LogP contribution in [0.3, 0.4) is 0 Å². The standard InChI is InChI=1S/C28H36FN7O/c1-7-34-23(10-13-30)31-24-25(32-27(37)33(6)26(24)34)36-16-17(2)35(15-18(36)3)19(4)20-8-9-22(29)21(14-20)28(5)11-12-28/h8-9,14,17-19H,7,10-12,15-16H2,1-6H3/t17-,18+,19?/m1/s1. The summed E-state index contributed by atoms with van der Waals surface area (Å²) < 4.78 is 18.1. The van der Waals surface area contributed by atoms with Crippen molar-refractivity contribution in [2.75, 3.05) is 18.0 Å². The van der Waals surface area contributed by atoms with Crippen LogP contribution < -0.4 is 10.6 Å². The molecule has 3 aromatic rings. The van der Waals surface area contributed by atoms with Crippen LogP contribution in [0.25, 0.3) is 11.2 Å². The van der Waals surface area contributed by atoms with Crippen molar-refractivity contribution in [3.05, 3.63) is 51.5 Å². The number of piperazine rings is 1. The maximum Gasteiger partial charge on any atom is 0.350 e. The number of aromatic nitrogens is 4. The lowest BCUT2D eigenvalue weighted by Crippen LogP contribution is -2.57. The fraction of sp³-hybridized carbons (Fsp3) is 0.571. The summed E-state index contributed by atoms with van der Waals surface area (Å²) in [5.74, 6) is 1.13. The molecule has 1 aliphatic carbocycles. The van der Waals surface area contributed by atoms with Gasteiger partial charge in [-0.05, 0) is 63.1 Å². The van der Waals surface area contributed by atoms with Crippen LogP contribution in [0.15, 0.2) is 23.0 Å². The minimum absolute atomic E-state index is 0.0275. The molecule has 0 N–H and O–H groups in total. The van der Waals surface area contributed by atoms with E-state index in [9.17, 15) is 14.4 Å². The van der Waals surface area contributed by atoms with Crippen LogP contribution in [0.1, 0.15) is 70.5 Å². The Hall–Kier alpha value is -3.25. The molecule has 1 aromatic carbocycles. The predicted octanol–water partition coefficient (Wildman–Crippen LogP) is 4.07. The molecule has 196 valence electrons. The highest BCUT2D eigenvalue weighted by molar-refractivity contribution is 5.84. The molecule has 8 nitrogen and oxygen atoms in total. The van der Waals surface area contributed by atoms with Crippen molar-refractivity contribution in [1.82, 2.24) is 24.0 Å². The highest BCUT2D eigenvalue weighted by Crippen LogP contribution is 2.49. The van der Waals surface area contributed by atoms with Crippen LogP contribution >= 0.6 is 0 Å². The topological polar surface area (TPSA) is 83.0 Å². The number of aryl methyl sites for hydroxylation is 2. The molecule has 0 amide bonds. The number of fused-ring (bicyclic) bond motifs is 1. The normalized spacial score (nSPS) is 22.3. The van der Waals surface area contributed by atoms with E-state index in [0.717, 1.165) is 30.5 Å². The van der Waals surface area contributed by atoms with Crippen LogP contribution in [-0.4, -0.2) is 49.2 Å². The number of anilines is 1. The summed E-state index contributed by atoms with van der Waals surface area (Å²) >= 11 is 0. The summed E-state index contributed by atoms with van der Waals surface area (Å²) in [6.45, 7) is 12.7. The molecular formula is C28H36FN7O. The van der Waals surface area contributed by atoms with Gasteiger partial charge in [0.25, 0.3) is 0 Å². The van der Waals surface area contributed by atoms with E-state index in [-0.39, 0.29) is 41.5 Å². The Bertz CT molecular complexity index is 1450. The molecule has 1 aliphatic heterocycles. The van der Waals surface area contributed by atoms with Gasteiger partial charge in [-0.2, -0.15) is 10.2 Å². The molecule has 1 unspecified atom stereocenters. The lowest BCUT2D eigenvalue weighted by molar-refractivity contribution is 0.119. The van der Waals surface area contributed by atoms with Gasteiger partial charge < -0.3 is 9.47 Å². The summed E-state index contributed by atoms with van der Waals surface area (Å²) in [5, 5.41) is 9.31. The molecule has 2 fully saturated rings. The van der Waals surface area contributed by atoms with Crippen molar-refractivity contribution in [3.63, 3.8) is 0 Å². The van der Waals surface area contributed by atoms with E-state index < -0.39 is 0 Å². The van der Waals surface area contributed by atoms with Crippen LogP contribution in [0.4, 0.5) is 10.2 Å². The zero-order valence-electron chi connectivity index (χ0n) is 22.6. The highest BCUT2D eigenvalue weighted by Gasteiger charge is 2.42. The van der Waals surface area contributed by atoms with Crippen LogP contribution in [0, 0.1) is 17.1 Å². The first-order chi connectivity index (χ1) is 17.6. The summed E-state index contributed by atoms with van der Waals surface area (Å²) in [5.41, 5.74) is 2.97. The third-order valence-electron chi connectivity index (χ3n) is 8.52. The first-order valence-corrected chi connectivity index (χ1v) is 13.2. The first kappa shape index (κ1) is 25.4. The zero-order chi connectivity index (χ0) is 26.6. The molecule has 2 aromatic heterocycles. The Morgan fingerprint density at radius 2 is 1.95 bits per heavy atom. The second-order valence-corrected chi connectivity index (χ2v) is 11.1. The van der Waals surface area contributed by atoms with E-state index in [0.29, 0.717) is 35.9 Å². The average Bonchev–Trinajstić information content (AvgIpc) is 3.51. The van der Waals surface area contributed by atoms with Crippen molar-refractivity contribution in [1.29, 1.82) is 5.26 Å². The van der Waals surface area contributed by atoms with Crippen molar-refractivity contribution in [2.45, 2.75) is 84.0 Å². The molecular weight excluding hydrogens is 469 g/mol. The van der Waals surface area contributed by atoms with Gasteiger partial charge in [-0.25, -0.2) is 14.2 Å². The van der Waals surface area contributed by atoms with E-state index in [4.69, 9.17) is 4.98 Å². The van der Waals surface area contributed by atoms with Crippen molar-refractivity contribution >= 4 is 17.0 Å². The first-order valence-electron chi connectivity index (χ1n) is 13.2. The lowest BCUT2D eigenvalue weighted by Gasteiger charge is -2.47. The number of benzene rings is 1. The number of hydrogen-bond donors (Lipinski definition) is 0. The molecule has 2 aliphatic rings. The molecule has 9 heteroatoms. The minimum Gasteiger partial charge on any atom is -0.349 e. The summed E-state index contributed by atoms with van der Waals surface area (Å²) in [6, 6.07) is 8.17. The molecule has 1 saturated carbocycles. The van der Waals surface area contributed by atoms with Gasteiger partial charge in [0.05, 0.1) is 12.5 Å². The van der Waals surface area contributed by atoms with Gasteiger partial charge in [0.2, 0.25) is 0 Å². The second-order valence-electron chi connectivity index (χ2n) is 11.1. The Morgan fingerprint density at radius 1 is 1.22 bits per heavy atom. The van der Waals surface area contributed by atoms with Gasteiger partial charge in [-0.1, -0.05) is 19.1 Å². The molecule has 3 heterocycles. The van der Waals surface area contributed by atoms with Gasteiger partial charge >= 0.3 is 5.69 Å². The van der Waals surface area contributed by atoms with E-state index in [1.165, 1.54) is 4.57 Å².